The van der Waals surface area contributed by atoms with Crippen LogP contribution in [0.3, 0.4) is 0 Å². The molecule has 0 spiro atoms. The summed E-state index contributed by atoms with van der Waals surface area (Å²) < 4.78 is 23.9. The molecule has 1 aliphatic rings. The highest BCUT2D eigenvalue weighted by molar-refractivity contribution is 7.92. The number of carbonyl (C=O) groups excluding carboxylic acids is 1. The van der Waals surface area contributed by atoms with Gasteiger partial charge in [-0.15, -0.1) is 0 Å². The van der Waals surface area contributed by atoms with E-state index in [4.69, 9.17) is 0 Å². The fourth-order valence-electron chi connectivity index (χ4n) is 1.90. The van der Waals surface area contributed by atoms with E-state index in [-0.39, 0.29) is 10.8 Å². The molecule has 0 aromatic heterocycles. The van der Waals surface area contributed by atoms with Crippen molar-refractivity contribution in [3.8, 4) is 0 Å². The van der Waals surface area contributed by atoms with Crippen LogP contribution in [0.1, 0.15) is 24.2 Å². The smallest absolute Gasteiger partial charge is 0.251 e. The zero-order chi connectivity index (χ0) is 14.8. The zero-order valence-electron chi connectivity index (χ0n) is 11.7. The molecule has 0 unspecified atom stereocenters. The van der Waals surface area contributed by atoms with Crippen LogP contribution in [0.25, 0.3) is 0 Å². The molecule has 0 saturated carbocycles. The predicted molar refractivity (Wildman–Crippen MR) is 77.5 cm³/mol. The van der Waals surface area contributed by atoms with Crippen LogP contribution < -0.4 is 10.6 Å². The van der Waals surface area contributed by atoms with Gasteiger partial charge in [-0.05, 0) is 38.1 Å². The Labute approximate surface area is 119 Å². The van der Waals surface area contributed by atoms with Crippen LogP contribution in [0.2, 0.25) is 0 Å². The van der Waals surface area contributed by atoms with Crippen LogP contribution >= 0.6 is 0 Å². The number of benzene rings is 1. The minimum absolute atomic E-state index is 0.162. The second-order valence-electron chi connectivity index (χ2n) is 5.35. The molecule has 2 N–H and O–H groups in total. The first-order chi connectivity index (χ1) is 9.41. The normalized spacial score (nSPS) is 15.9. The maximum atomic E-state index is 12.0. The van der Waals surface area contributed by atoms with Crippen molar-refractivity contribution in [1.29, 1.82) is 0 Å². The first-order valence-corrected chi connectivity index (χ1v) is 8.29. The summed E-state index contributed by atoms with van der Waals surface area (Å²) in [6.07, 6.45) is 0. The number of nitrogens with one attached hydrogen (secondary N) is 2. The Balaban J connectivity index is 2.02. The molecule has 1 aromatic carbocycles. The van der Waals surface area contributed by atoms with Gasteiger partial charge < -0.3 is 10.6 Å². The third-order valence-corrected chi connectivity index (χ3v) is 5.65. The predicted octanol–water partition coefficient (Wildman–Crippen LogP) is 0.818. The summed E-state index contributed by atoms with van der Waals surface area (Å²) in [6.45, 7) is 5.81. The largest absolute Gasteiger partial charge is 0.352 e. The van der Waals surface area contributed by atoms with Crippen molar-refractivity contribution < 1.29 is 13.2 Å². The van der Waals surface area contributed by atoms with Gasteiger partial charge in [0, 0.05) is 31.1 Å². The Bertz CT molecular complexity index is 575. The first-order valence-electron chi connectivity index (χ1n) is 6.74. The molecule has 1 fully saturated rings. The minimum atomic E-state index is -3.28. The molecule has 0 aliphatic carbocycles. The van der Waals surface area contributed by atoms with Gasteiger partial charge in [-0.2, -0.15) is 0 Å². The number of amides is 1. The quantitative estimate of drug-likeness (QED) is 0.843. The summed E-state index contributed by atoms with van der Waals surface area (Å²) in [5.74, 6) is 0.338. The Kier molecular flexibility index (Phi) is 4.45. The zero-order valence-corrected chi connectivity index (χ0v) is 12.5. The Morgan fingerprint density at radius 2 is 1.90 bits per heavy atom. The number of rotatable bonds is 5. The molecule has 2 rings (SSSR count). The van der Waals surface area contributed by atoms with Crippen molar-refractivity contribution in [2.24, 2.45) is 5.92 Å². The van der Waals surface area contributed by atoms with Gasteiger partial charge in [0.25, 0.3) is 5.91 Å². The van der Waals surface area contributed by atoms with E-state index < -0.39 is 15.1 Å². The van der Waals surface area contributed by atoms with Crippen molar-refractivity contribution in [2.45, 2.75) is 24.0 Å². The Morgan fingerprint density at radius 3 is 2.35 bits per heavy atom. The second kappa shape index (κ2) is 5.93. The maximum absolute atomic E-state index is 12.0. The van der Waals surface area contributed by atoms with Crippen molar-refractivity contribution in [3.63, 3.8) is 0 Å². The molecule has 1 aromatic rings. The van der Waals surface area contributed by atoms with Gasteiger partial charge >= 0.3 is 0 Å². The molecule has 1 aliphatic heterocycles. The highest BCUT2D eigenvalue weighted by Crippen LogP contribution is 2.16. The maximum Gasteiger partial charge on any atom is 0.251 e. The van der Waals surface area contributed by atoms with Gasteiger partial charge in [0.05, 0.1) is 10.1 Å². The molecule has 0 atom stereocenters. The minimum Gasteiger partial charge on any atom is -0.352 e. The van der Waals surface area contributed by atoms with E-state index in [1.807, 2.05) is 0 Å². The highest BCUT2D eigenvalue weighted by Gasteiger charge is 2.20. The number of carbonyl (C=O) groups is 1. The summed E-state index contributed by atoms with van der Waals surface area (Å²) in [5, 5.41) is 5.53. The average Bonchev–Trinajstić information content (AvgIpc) is 2.36. The second-order valence-corrected chi connectivity index (χ2v) is 7.86. The van der Waals surface area contributed by atoms with Crippen LogP contribution in [0.5, 0.6) is 0 Å². The topological polar surface area (TPSA) is 75.3 Å². The third-order valence-electron chi connectivity index (χ3n) is 3.48. The SMILES string of the molecule is CC(C)S(=O)(=O)c1ccc(C(=O)NCC2CNC2)cc1. The van der Waals surface area contributed by atoms with E-state index in [1.54, 1.807) is 26.0 Å². The lowest BCUT2D eigenvalue weighted by atomic mass is 10.0. The molecule has 5 nitrogen and oxygen atoms in total. The van der Waals surface area contributed by atoms with Crippen LogP contribution in [-0.4, -0.2) is 39.2 Å². The molecule has 1 saturated heterocycles. The van der Waals surface area contributed by atoms with E-state index in [9.17, 15) is 13.2 Å². The van der Waals surface area contributed by atoms with Gasteiger partial charge in [0.2, 0.25) is 0 Å². The highest BCUT2D eigenvalue weighted by atomic mass is 32.2. The lowest BCUT2D eigenvalue weighted by Gasteiger charge is -2.27. The fourth-order valence-corrected chi connectivity index (χ4v) is 2.96. The number of sulfone groups is 1. The van der Waals surface area contributed by atoms with Gasteiger partial charge in [0.15, 0.2) is 9.84 Å². The summed E-state index contributed by atoms with van der Waals surface area (Å²) in [4.78, 5) is 12.2. The lowest BCUT2D eigenvalue weighted by Crippen LogP contribution is -2.48. The molecule has 0 bridgehead atoms. The van der Waals surface area contributed by atoms with Gasteiger partial charge in [-0.1, -0.05) is 0 Å². The third kappa shape index (κ3) is 3.19. The molecule has 110 valence electrons. The van der Waals surface area contributed by atoms with E-state index >= 15 is 0 Å². The monoisotopic (exact) mass is 296 g/mol. The van der Waals surface area contributed by atoms with Gasteiger partial charge in [-0.25, -0.2) is 8.42 Å². The summed E-state index contributed by atoms with van der Waals surface area (Å²) in [7, 11) is -3.28. The molecule has 1 heterocycles. The molecule has 1 amide bonds. The van der Waals surface area contributed by atoms with E-state index in [0.29, 0.717) is 18.0 Å². The molecular formula is C14H20N2O3S. The Morgan fingerprint density at radius 1 is 1.30 bits per heavy atom. The van der Waals surface area contributed by atoms with Crippen LogP contribution in [0.15, 0.2) is 29.2 Å². The van der Waals surface area contributed by atoms with Crippen LogP contribution in [0, 0.1) is 5.92 Å². The average molecular weight is 296 g/mol. The van der Waals surface area contributed by atoms with E-state index in [2.05, 4.69) is 10.6 Å². The van der Waals surface area contributed by atoms with Crippen molar-refractivity contribution in [3.05, 3.63) is 29.8 Å². The molecule has 0 radical (unpaired) electrons. The standard InChI is InChI=1S/C14H20N2O3S/c1-10(2)20(18,19)13-5-3-12(4-6-13)14(17)16-9-11-7-15-8-11/h3-6,10-11,15H,7-9H2,1-2H3,(H,16,17). The van der Waals surface area contributed by atoms with Gasteiger partial charge in [0.1, 0.15) is 0 Å². The summed E-state index contributed by atoms with van der Waals surface area (Å²) in [5.41, 5.74) is 0.486. The van der Waals surface area contributed by atoms with Crippen molar-refractivity contribution in [1.82, 2.24) is 10.6 Å². The van der Waals surface area contributed by atoms with Gasteiger partial charge in [-0.3, -0.25) is 4.79 Å². The molecular weight excluding hydrogens is 276 g/mol. The summed E-state index contributed by atoms with van der Waals surface area (Å²) >= 11 is 0. The van der Waals surface area contributed by atoms with Crippen LogP contribution in [0.4, 0.5) is 0 Å². The number of hydrogen-bond donors (Lipinski definition) is 2. The molecule has 20 heavy (non-hydrogen) atoms. The lowest BCUT2D eigenvalue weighted by molar-refractivity contribution is 0.0942. The summed E-state index contributed by atoms with van der Waals surface area (Å²) in [6, 6.07) is 6.11. The fraction of sp³-hybridized carbons (Fsp3) is 0.500. The molecule has 6 heteroatoms. The van der Waals surface area contributed by atoms with E-state index in [0.717, 1.165) is 13.1 Å². The Hall–Kier alpha value is -1.40. The first kappa shape index (κ1) is 15.0. The van der Waals surface area contributed by atoms with Crippen LogP contribution in [-0.2, 0) is 9.84 Å². The van der Waals surface area contributed by atoms with Crippen molar-refractivity contribution >= 4 is 15.7 Å². The van der Waals surface area contributed by atoms with E-state index in [1.165, 1.54) is 12.1 Å². The number of hydrogen-bond acceptors (Lipinski definition) is 4. The van der Waals surface area contributed by atoms with Crippen molar-refractivity contribution in [2.75, 3.05) is 19.6 Å².